The molecule has 0 fully saturated rings. The molecule has 0 atom stereocenters. The molecule has 4 aromatic rings. The van der Waals surface area contributed by atoms with Crippen LogP contribution in [0.2, 0.25) is 0 Å². The molecule has 0 aliphatic rings. The van der Waals surface area contributed by atoms with Gasteiger partial charge in [-0.25, -0.2) is 4.98 Å². The highest BCUT2D eigenvalue weighted by Crippen LogP contribution is 2.32. The zero-order chi connectivity index (χ0) is 22.5. The van der Waals surface area contributed by atoms with Crippen molar-refractivity contribution in [1.29, 1.82) is 0 Å². The standard InChI is InChI=1S/C25H20BrN3O3/c1-31-22-13-10-18(15-23(22)32-2)24-28-21-12-11-19(26)16-20(21)25(30)29(24)27-14-6-9-17-7-4-3-5-8-17/h3-16H,1-2H3. The molecule has 3 aromatic carbocycles. The van der Waals surface area contributed by atoms with E-state index in [0.717, 1.165) is 10.0 Å². The minimum Gasteiger partial charge on any atom is -0.493 e. The number of methoxy groups -OCH3 is 2. The number of aromatic nitrogens is 2. The van der Waals surface area contributed by atoms with Crippen molar-refractivity contribution in [3.05, 3.63) is 93.2 Å². The Morgan fingerprint density at radius 2 is 1.75 bits per heavy atom. The van der Waals surface area contributed by atoms with Gasteiger partial charge < -0.3 is 9.47 Å². The van der Waals surface area contributed by atoms with Gasteiger partial charge in [0, 0.05) is 16.3 Å². The first kappa shape index (κ1) is 21.5. The topological polar surface area (TPSA) is 65.7 Å². The largest absolute Gasteiger partial charge is 0.493 e. The number of hydrogen-bond donors (Lipinski definition) is 0. The molecule has 0 aliphatic carbocycles. The van der Waals surface area contributed by atoms with Gasteiger partial charge in [0.15, 0.2) is 17.3 Å². The molecule has 0 radical (unpaired) electrons. The molecular weight excluding hydrogens is 470 g/mol. The van der Waals surface area contributed by atoms with Crippen molar-refractivity contribution < 1.29 is 9.47 Å². The maximum atomic E-state index is 13.3. The molecular formula is C25H20BrN3O3. The summed E-state index contributed by atoms with van der Waals surface area (Å²) in [5, 5.41) is 4.88. The lowest BCUT2D eigenvalue weighted by Crippen LogP contribution is -2.20. The van der Waals surface area contributed by atoms with Gasteiger partial charge in [-0.2, -0.15) is 9.78 Å². The Hall–Kier alpha value is -3.71. The van der Waals surface area contributed by atoms with Gasteiger partial charge in [0.05, 0.1) is 25.1 Å². The quantitative estimate of drug-likeness (QED) is 0.340. The summed E-state index contributed by atoms with van der Waals surface area (Å²) >= 11 is 3.42. The van der Waals surface area contributed by atoms with Crippen molar-refractivity contribution in [1.82, 2.24) is 9.66 Å². The van der Waals surface area contributed by atoms with Gasteiger partial charge in [0.2, 0.25) is 0 Å². The summed E-state index contributed by atoms with van der Waals surface area (Å²) in [4.78, 5) is 18.0. The van der Waals surface area contributed by atoms with E-state index in [2.05, 4.69) is 21.0 Å². The molecule has 0 amide bonds. The fraction of sp³-hybridized carbons (Fsp3) is 0.0800. The van der Waals surface area contributed by atoms with Gasteiger partial charge in [-0.15, -0.1) is 0 Å². The van der Waals surface area contributed by atoms with Crippen molar-refractivity contribution in [2.75, 3.05) is 14.2 Å². The SMILES string of the molecule is COc1ccc(-c2nc3ccc(Br)cc3c(=O)n2N=CC=Cc2ccccc2)cc1OC. The molecule has 7 heteroatoms. The van der Waals surface area contributed by atoms with E-state index in [1.165, 1.54) is 4.68 Å². The molecule has 6 nitrogen and oxygen atoms in total. The Morgan fingerprint density at radius 3 is 2.50 bits per heavy atom. The molecule has 32 heavy (non-hydrogen) atoms. The molecule has 0 spiro atoms. The minimum absolute atomic E-state index is 0.273. The number of nitrogens with zero attached hydrogens (tertiary/aromatic N) is 3. The van der Waals surface area contributed by atoms with Gasteiger partial charge >= 0.3 is 0 Å². The Morgan fingerprint density at radius 1 is 0.969 bits per heavy atom. The van der Waals surface area contributed by atoms with E-state index in [-0.39, 0.29) is 5.56 Å². The molecule has 1 heterocycles. The molecule has 1 aromatic heterocycles. The van der Waals surface area contributed by atoms with Crippen LogP contribution in [0.4, 0.5) is 0 Å². The van der Waals surface area contributed by atoms with Crippen LogP contribution < -0.4 is 15.0 Å². The van der Waals surface area contributed by atoms with Gasteiger partial charge in [-0.05, 0) is 48.0 Å². The molecule has 0 saturated carbocycles. The van der Waals surface area contributed by atoms with E-state index >= 15 is 0 Å². The first-order chi connectivity index (χ1) is 15.6. The molecule has 0 aliphatic heterocycles. The number of allylic oxidation sites excluding steroid dienone is 1. The average Bonchev–Trinajstić information content (AvgIpc) is 2.83. The number of hydrogen-bond acceptors (Lipinski definition) is 5. The highest BCUT2D eigenvalue weighted by Gasteiger charge is 2.15. The number of fused-ring (bicyclic) bond motifs is 1. The Labute approximate surface area is 193 Å². The van der Waals surface area contributed by atoms with Crippen LogP contribution in [0, 0.1) is 0 Å². The second kappa shape index (κ2) is 9.62. The molecule has 160 valence electrons. The highest BCUT2D eigenvalue weighted by molar-refractivity contribution is 9.10. The van der Waals surface area contributed by atoms with E-state index < -0.39 is 0 Å². The fourth-order valence-electron chi connectivity index (χ4n) is 3.24. The van der Waals surface area contributed by atoms with Crippen LogP contribution >= 0.6 is 15.9 Å². The van der Waals surface area contributed by atoms with E-state index in [1.54, 1.807) is 50.8 Å². The lowest BCUT2D eigenvalue weighted by atomic mass is 10.1. The highest BCUT2D eigenvalue weighted by atomic mass is 79.9. The number of ether oxygens (including phenoxy) is 2. The molecule has 0 bridgehead atoms. The van der Waals surface area contributed by atoms with E-state index in [9.17, 15) is 4.79 Å². The van der Waals surface area contributed by atoms with Crippen LogP contribution in [-0.2, 0) is 0 Å². The zero-order valence-electron chi connectivity index (χ0n) is 17.5. The third-order valence-electron chi connectivity index (χ3n) is 4.81. The Bertz CT molecular complexity index is 1380. The van der Waals surface area contributed by atoms with Crippen molar-refractivity contribution in [2.24, 2.45) is 5.10 Å². The van der Waals surface area contributed by atoms with Gasteiger partial charge in [0.1, 0.15) is 0 Å². The van der Waals surface area contributed by atoms with Crippen LogP contribution in [0.1, 0.15) is 5.56 Å². The first-order valence-electron chi connectivity index (χ1n) is 9.81. The summed E-state index contributed by atoms with van der Waals surface area (Å²) in [6.45, 7) is 0. The Kier molecular flexibility index (Phi) is 6.47. The normalized spacial score (nSPS) is 11.5. The second-order valence-electron chi connectivity index (χ2n) is 6.82. The van der Waals surface area contributed by atoms with Crippen LogP contribution in [0.3, 0.4) is 0 Å². The summed E-state index contributed by atoms with van der Waals surface area (Å²) in [6, 6.07) is 20.6. The molecule has 0 N–H and O–H groups in total. The summed E-state index contributed by atoms with van der Waals surface area (Å²) in [5.41, 5.74) is 2.01. The second-order valence-corrected chi connectivity index (χ2v) is 7.73. The van der Waals surface area contributed by atoms with Crippen LogP contribution in [0.15, 0.2) is 87.2 Å². The van der Waals surface area contributed by atoms with Gasteiger partial charge in [-0.3, -0.25) is 4.79 Å². The van der Waals surface area contributed by atoms with E-state index in [4.69, 9.17) is 14.5 Å². The smallest absolute Gasteiger partial charge is 0.282 e. The minimum atomic E-state index is -0.273. The van der Waals surface area contributed by atoms with Crippen molar-refractivity contribution in [3.8, 4) is 22.9 Å². The third-order valence-corrected chi connectivity index (χ3v) is 5.30. The molecule has 4 rings (SSSR count). The maximum absolute atomic E-state index is 13.3. The number of halogens is 1. The van der Waals surface area contributed by atoms with E-state index in [1.807, 2.05) is 48.5 Å². The maximum Gasteiger partial charge on any atom is 0.282 e. The predicted octanol–water partition coefficient (Wildman–Crippen LogP) is 5.39. The van der Waals surface area contributed by atoms with E-state index in [0.29, 0.717) is 33.8 Å². The van der Waals surface area contributed by atoms with Crippen molar-refractivity contribution in [3.63, 3.8) is 0 Å². The fourth-order valence-corrected chi connectivity index (χ4v) is 3.60. The van der Waals surface area contributed by atoms with Gasteiger partial charge in [-0.1, -0.05) is 52.3 Å². The zero-order valence-corrected chi connectivity index (χ0v) is 19.1. The average molecular weight is 490 g/mol. The predicted molar refractivity (Wildman–Crippen MR) is 132 cm³/mol. The Balaban J connectivity index is 1.86. The first-order valence-corrected chi connectivity index (χ1v) is 10.6. The lowest BCUT2D eigenvalue weighted by molar-refractivity contribution is 0.355. The third kappa shape index (κ3) is 4.48. The van der Waals surface area contributed by atoms with Gasteiger partial charge in [0.25, 0.3) is 5.56 Å². The number of benzene rings is 3. The molecule has 0 saturated heterocycles. The van der Waals surface area contributed by atoms with Crippen LogP contribution in [-0.4, -0.2) is 30.1 Å². The summed E-state index contributed by atoms with van der Waals surface area (Å²) in [5.74, 6) is 1.52. The van der Waals surface area contributed by atoms with Crippen molar-refractivity contribution in [2.45, 2.75) is 0 Å². The lowest BCUT2D eigenvalue weighted by Gasteiger charge is -2.12. The summed E-state index contributed by atoms with van der Waals surface area (Å²) in [7, 11) is 3.13. The molecule has 0 unspecified atom stereocenters. The summed E-state index contributed by atoms with van der Waals surface area (Å²) < 4.78 is 12.8. The number of rotatable bonds is 6. The van der Waals surface area contributed by atoms with Crippen LogP contribution in [0.25, 0.3) is 28.4 Å². The monoisotopic (exact) mass is 489 g/mol. The summed E-state index contributed by atoms with van der Waals surface area (Å²) in [6.07, 6.45) is 5.27. The van der Waals surface area contributed by atoms with Crippen LogP contribution in [0.5, 0.6) is 11.5 Å². The van der Waals surface area contributed by atoms with Crippen molar-refractivity contribution >= 4 is 39.1 Å².